The SMILES string of the molecule is CC1CCCC(CO)(NCc2cscc2Br)C1. The average Bonchev–Trinajstić information content (AvgIpc) is 2.72. The summed E-state index contributed by atoms with van der Waals surface area (Å²) in [4.78, 5) is 0. The molecule has 1 aliphatic carbocycles. The van der Waals surface area contributed by atoms with E-state index in [-0.39, 0.29) is 12.1 Å². The van der Waals surface area contributed by atoms with Crippen LogP contribution in [-0.2, 0) is 6.54 Å². The van der Waals surface area contributed by atoms with Crippen molar-refractivity contribution in [2.75, 3.05) is 6.61 Å². The van der Waals surface area contributed by atoms with Crippen LogP contribution in [0.3, 0.4) is 0 Å². The van der Waals surface area contributed by atoms with E-state index in [1.54, 1.807) is 11.3 Å². The average molecular weight is 318 g/mol. The number of hydrogen-bond acceptors (Lipinski definition) is 3. The number of aliphatic hydroxyl groups excluding tert-OH is 1. The van der Waals surface area contributed by atoms with Crippen LogP contribution >= 0.6 is 27.3 Å². The third-order valence-electron chi connectivity index (χ3n) is 3.74. The second-order valence-electron chi connectivity index (χ2n) is 5.24. The van der Waals surface area contributed by atoms with Crippen molar-refractivity contribution in [1.29, 1.82) is 0 Å². The lowest BCUT2D eigenvalue weighted by molar-refractivity contribution is 0.0982. The minimum absolute atomic E-state index is 0.0565. The Bertz CT molecular complexity index is 368. The lowest BCUT2D eigenvalue weighted by atomic mass is 9.77. The molecule has 0 bridgehead atoms. The number of nitrogens with one attached hydrogen (secondary N) is 1. The molecule has 0 radical (unpaired) electrons. The highest BCUT2D eigenvalue weighted by Gasteiger charge is 2.33. The molecule has 1 fully saturated rings. The number of thiophene rings is 1. The van der Waals surface area contributed by atoms with Gasteiger partial charge in [0.25, 0.3) is 0 Å². The molecule has 1 aromatic heterocycles. The molecule has 0 amide bonds. The first-order chi connectivity index (χ1) is 8.15. The van der Waals surface area contributed by atoms with Crippen LogP contribution in [0.15, 0.2) is 15.2 Å². The molecule has 2 rings (SSSR count). The van der Waals surface area contributed by atoms with E-state index < -0.39 is 0 Å². The van der Waals surface area contributed by atoms with Gasteiger partial charge in [0.1, 0.15) is 0 Å². The van der Waals surface area contributed by atoms with E-state index in [0.29, 0.717) is 5.92 Å². The maximum atomic E-state index is 9.69. The van der Waals surface area contributed by atoms with Crippen molar-refractivity contribution in [3.63, 3.8) is 0 Å². The first kappa shape index (κ1) is 13.5. The molecule has 1 aromatic rings. The zero-order valence-corrected chi connectivity index (χ0v) is 12.6. The maximum absolute atomic E-state index is 9.69. The number of hydrogen-bond donors (Lipinski definition) is 2. The Morgan fingerprint density at radius 1 is 1.59 bits per heavy atom. The van der Waals surface area contributed by atoms with Gasteiger partial charge in [0.05, 0.1) is 6.61 Å². The molecule has 2 unspecified atom stereocenters. The highest BCUT2D eigenvalue weighted by molar-refractivity contribution is 9.10. The Balaban J connectivity index is 1.97. The van der Waals surface area contributed by atoms with Crippen LogP contribution < -0.4 is 5.32 Å². The fourth-order valence-electron chi connectivity index (χ4n) is 2.74. The molecule has 17 heavy (non-hydrogen) atoms. The summed E-state index contributed by atoms with van der Waals surface area (Å²) in [6.45, 7) is 3.38. The standard InChI is InChI=1S/C13H20BrNOS/c1-10-3-2-4-13(5-10,9-16)15-6-11-7-17-8-12(11)14/h7-8,10,15-16H,2-6,9H2,1H3. The van der Waals surface area contributed by atoms with E-state index in [0.717, 1.165) is 19.4 Å². The Hall–Kier alpha value is 0.100. The van der Waals surface area contributed by atoms with Crippen LogP contribution in [0.5, 0.6) is 0 Å². The van der Waals surface area contributed by atoms with Crippen molar-refractivity contribution < 1.29 is 5.11 Å². The zero-order chi connectivity index (χ0) is 12.3. The highest BCUT2D eigenvalue weighted by Crippen LogP contribution is 2.32. The zero-order valence-electron chi connectivity index (χ0n) is 10.2. The summed E-state index contributed by atoms with van der Waals surface area (Å²) in [5.41, 5.74) is 1.24. The second-order valence-corrected chi connectivity index (χ2v) is 6.84. The third-order valence-corrected chi connectivity index (χ3v) is 5.57. The molecule has 2 atom stereocenters. The van der Waals surface area contributed by atoms with Gasteiger partial charge in [-0.3, -0.25) is 0 Å². The lowest BCUT2D eigenvalue weighted by Gasteiger charge is -2.39. The van der Waals surface area contributed by atoms with Gasteiger partial charge in [-0.2, -0.15) is 11.3 Å². The van der Waals surface area contributed by atoms with Gasteiger partial charge in [0.15, 0.2) is 0 Å². The minimum Gasteiger partial charge on any atom is -0.394 e. The molecule has 96 valence electrons. The number of rotatable bonds is 4. The number of halogens is 1. The van der Waals surface area contributed by atoms with Crippen molar-refractivity contribution in [3.05, 3.63) is 20.8 Å². The van der Waals surface area contributed by atoms with Crippen LogP contribution in [0.1, 0.15) is 38.2 Å². The molecule has 0 saturated heterocycles. The van der Waals surface area contributed by atoms with Gasteiger partial charge < -0.3 is 10.4 Å². The monoisotopic (exact) mass is 317 g/mol. The van der Waals surface area contributed by atoms with E-state index in [4.69, 9.17) is 0 Å². The van der Waals surface area contributed by atoms with Crippen LogP contribution in [-0.4, -0.2) is 17.3 Å². The van der Waals surface area contributed by atoms with E-state index in [2.05, 4.69) is 38.9 Å². The van der Waals surface area contributed by atoms with E-state index in [1.165, 1.54) is 22.9 Å². The van der Waals surface area contributed by atoms with E-state index in [9.17, 15) is 5.11 Å². The summed E-state index contributed by atoms with van der Waals surface area (Å²) in [7, 11) is 0. The normalized spacial score (nSPS) is 29.5. The molecular weight excluding hydrogens is 298 g/mol. The quantitative estimate of drug-likeness (QED) is 0.890. The minimum atomic E-state index is -0.0565. The van der Waals surface area contributed by atoms with Gasteiger partial charge in [-0.1, -0.05) is 19.8 Å². The second kappa shape index (κ2) is 5.83. The summed E-state index contributed by atoms with van der Waals surface area (Å²) in [6, 6.07) is 0. The largest absolute Gasteiger partial charge is 0.394 e. The molecule has 2 nitrogen and oxygen atoms in total. The van der Waals surface area contributed by atoms with Gasteiger partial charge in [-0.15, -0.1) is 0 Å². The van der Waals surface area contributed by atoms with Crippen molar-refractivity contribution in [2.45, 2.75) is 44.7 Å². The molecule has 1 aliphatic rings. The summed E-state index contributed by atoms with van der Waals surface area (Å²) < 4.78 is 1.17. The highest BCUT2D eigenvalue weighted by atomic mass is 79.9. The smallest absolute Gasteiger partial charge is 0.0613 e. The molecule has 1 saturated carbocycles. The molecule has 1 heterocycles. The van der Waals surface area contributed by atoms with Gasteiger partial charge in [-0.05, 0) is 45.6 Å². The summed E-state index contributed by atoms with van der Waals surface area (Å²) in [5, 5.41) is 17.5. The van der Waals surface area contributed by atoms with E-state index in [1.807, 2.05) is 0 Å². The maximum Gasteiger partial charge on any atom is 0.0613 e. The Morgan fingerprint density at radius 3 is 3.00 bits per heavy atom. The molecule has 2 N–H and O–H groups in total. The van der Waals surface area contributed by atoms with Gasteiger partial charge in [0.2, 0.25) is 0 Å². The van der Waals surface area contributed by atoms with E-state index >= 15 is 0 Å². The first-order valence-electron chi connectivity index (χ1n) is 6.22. The molecular formula is C13H20BrNOS. The molecule has 4 heteroatoms. The van der Waals surface area contributed by atoms with Crippen LogP contribution in [0.4, 0.5) is 0 Å². The molecule has 0 aliphatic heterocycles. The topological polar surface area (TPSA) is 32.3 Å². The van der Waals surface area contributed by atoms with Crippen molar-refractivity contribution in [1.82, 2.24) is 5.32 Å². The predicted molar refractivity (Wildman–Crippen MR) is 76.3 cm³/mol. The Morgan fingerprint density at radius 2 is 2.41 bits per heavy atom. The molecule has 0 spiro atoms. The fourth-order valence-corrected chi connectivity index (χ4v) is 4.18. The van der Waals surface area contributed by atoms with Gasteiger partial charge in [0, 0.05) is 21.9 Å². The first-order valence-corrected chi connectivity index (χ1v) is 7.95. The van der Waals surface area contributed by atoms with Gasteiger partial charge >= 0.3 is 0 Å². The molecule has 0 aromatic carbocycles. The van der Waals surface area contributed by atoms with Crippen LogP contribution in [0.2, 0.25) is 0 Å². The third kappa shape index (κ3) is 3.31. The Labute approximate surface area is 116 Å². The fraction of sp³-hybridized carbons (Fsp3) is 0.692. The van der Waals surface area contributed by atoms with Crippen molar-refractivity contribution in [3.8, 4) is 0 Å². The summed E-state index contributed by atoms with van der Waals surface area (Å²) >= 11 is 5.26. The Kier molecular flexibility index (Phi) is 4.64. The van der Waals surface area contributed by atoms with Crippen molar-refractivity contribution in [2.24, 2.45) is 5.92 Å². The van der Waals surface area contributed by atoms with Crippen molar-refractivity contribution >= 4 is 27.3 Å². The van der Waals surface area contributed by atoms with Crippen LogP contribution in [0.25, 0.3) is 0 Å². The summed E-state index contributed by atoms with van der Waals surface area (Å²) in [6.07, 6.45) is 4.70. The van der Waals surface area contributed by atoms with Gasteiger partial charge in [-0.25, -0.2) is 0 Å². The number of aliphatic hydroxyl groups is 1. The summed E-state index contributed by atoms with van der Waals surface area (Å²) in [5.74, 6) is 0.717. The predicted octanol–water partition coefficient (Wildman–Crippen LogP) is 3.54. The lowest BCUT2D eigenvalue weighted by Crippen LogP contribution is -2.51. The van der Waals surface area contributed by atoms with Crippen LogP contribution in [0, 0.1) is 5.92 Å².